The van der Waals surface area contributed by atoms with Gasteiger partial charge in [0, 0.05) is 17.3 Å². The van der Waals surface area contributed by atoms with Crippen molar-refractivity contribution >= 4 is 28.6 Å². The van der Waals surface area contributed by atoms with Crippen molar-refractivity contribution in [2.24, 2.45) is 5.84 Å². The number of fused-ring (bicyclic) bond motifs is 1. The van der Waals surface area contributed by atoms with Gasteiger partial charge in [0.1, 0.15) is 0 Å². The number of nitrogens with two attached hydrogens (primary N) is 1. The number of rotatable bonds is 6. The molecule has 4 N–H and O–H groups in total. The van der Waals surface area contributed by atoms with E-state index in [1.165, 1.54) is 4.88 Å². The number of hydrogen-bond acceptors (Lipinski definition) is 6. The van der Waals surface area contributed by atoms with Crippen LogP contribution in [0.25, 0.3) is 5.65 Å². The molecule has 0 amide bonds. The van der Waals surface area contributed by atoms with Crippen LogP contribution >= 0.6 is 11.3 Å². The molecule has 0 spiro atoms. The first-order chi connectivity index (χ1) is 10.3. The Balaban J connectivity index is 1.97. The van der Waals surface area contributed by atoms with Crippen molar-refractivity contribution < 1.29 is 0 Å². The number of nitrogens with zero attached hydrogens (tertiary/aromatic N) is 3. The molecule has 1 unspecified atom stereocenters. The van der Waals surface area contributed by atoms with E-state index >= 15 is 0 Å². The lowest BCUT2D eigenvalue weighted by Gasteiger charge is -2.18. The molecule has 0 saturated heterocycles. The van der Waals surface area contributed by atoms with Crippen LogP contribution in [0.5, 0.6) is 0 Å². The van der Waals surface area contributed by atoms with Gasteiger partial charge in [-0.3, -0.25) is 0 Å². The second-order valence-corrected chi connectivity index (χ2v) is 5.76. The minimum Gasteiger partial charge on any atom is -0.359 e. The van der Waals surface area contributed by atoms with Crippen LogP contribution in [-0.2, 0) is 0 Å². The average Bonchev–Trinajstić information content (AvgIpc) is 3.17. The Kier molecular flexibility index (Phi) is 4.03. The normalized spacial score (nSPS) is 12.5. The quantitative estimate of drug-likeness (QED) is 0.482. The molecule has 0 aliphatic rings. The highest BCUT2D eigenvalue weighted by atomic mass is 32.1. The van der Waals surface area contributed by atoms with E-state index in [0.717, 1.165) is 24.3 Å². The summed E-state index contributed by atoms with van der Waals surface area (Å²) in [7, 11) is 0. The molecule has 0 saturated carbocycles. The number of thiophene rings is 1. The Morgan fingerprint density at radius 3 is 3.10 bits per heavy atom. The molecule has 3 aromatic heterocycles. The Morgan fingerprint density at radius 1 is 1.48 bits per heavy atom. The highest BCUT2D eigenvalue weighted by Crippen LogP contribution is 2.28. The first-order valence-electron chi connectivity index (χ1n) is 6.92. The molecule has 1 atom stereocenters. The third kappa shape index (κ3) is 2.84. The van der Waals surface area contributed by atoms with Crippen LogP contribution in [0.4, 0.5) is 11.6 Å². The molecular weight excluding hydrogens is 284 g/mol. The third-order valence-corrected chi connectivity index (χ3v) is 4.28. The first kappa shape index (κ1) is 13.8. The van der Waals surface area contributed by atoms with Crippen LogP contribution in [0.3, 0.4) is 0 Å². The number of imidazole rings is 1. The first-order valence-corrected chi connectivity index (χ1v) is 7.80. The fourth-order valence-electron chi connectivity index (χ4n) is 2.33. The summed E-state index contributed by atoms with van der Waals surface area (Å²) in [6.45, 7) is 2.18. The molecule has 3 aromatic rings. The van der Waals surface area contributed by atoms with Crippen LogP contribution in [-0.4, -0.2) is 14.4 Å². The van der Waals surface area contributed by atoms with E-state index in [2.05, 4.69) is 45.1 Å². The smallest absolute Gasteiger partial charge is 0.180 e. The summed E-state index contributed by atoms with van der Waals surface area (Å²) in [5.41, 5.74) is 3.39. The molecule has 0 aromatic carbocycles. The number of nitrogens with one attached hydrogen (secondary N) is 2. The maximum absolute atomic E-state index is 5.49. The minimum absolute atomic E-state index is 0.232. The summed E-state index contributed by atoms with van der Waals surface area (Å²) in [5, 5.41) is 5.60. The molecule has 0 bridgehead atoms. The van der Waals surface area contributed by atoms with E-state index in [-0.39, 0.29) is 6.04 Å². The Hall–Kier alpha value is -2.12. The van der Waals surface area contributed by atoms with Crippen molar-refractivity contribution in [2.45, 2.75) is 25.8 Å². The number of hydrogen-bond donors (Lipinski definition) is 3. The Labute approximate surface area is 127 Å². The van der Waals surface area contributed by atoms with E-state index in [1.54, 1.807) is 17.5 Å². The zero-order valence-electron chi connectivity index (χ0n) is 11.8. The number of hydrazine groups is 1. The average molecular weight is 302 g/mol. The van der Waals surface area contributed by atoms with Gasteiger partial charge < -0.3 is 15.1 Å². The summed E-state index contributed by atoms with van der Waals surface area (Å²) in [5.74, 6) is 6.83. The predicted octanol–water partition coefficient (Wildman–Crippen LogP) is 3.03. The van der Waals surface area contributed by atoms with Gasteiger partial charge in [-0.2, -0.15) is 0 Å². The van der Waals surface area contributed by atoms with Crippen LogP contribution in [0.1, 0.15) is 30.7 Å². The van der Waals surface area contributed by atoms with Crippen molar-refractivity contribution in [1.29, 1.82) is 0 Å². The second-order valence-electron chi connectivity index (χ2n) is 4.78. The van der Waals surface area contributed by atoms with Crippen molar-refractivity contribution in [3.63, 3.8) is 0 Å². The molecule has 6 nitrogen and oxygen atoms in total. The highest BCUT2D eigenvalue weighted by Gasteiger charge is 2.15. The Morgan fingerprint density at radius 2 is 2.38 bits per heavy atom. The van der Waals surface area contributed by atoms with Crippen molar-refractivity contribution in [2.75, 3.05) is 10.7 Å². The van der Waals surface area contributed by atoms with Gasteiger partial charge in [0.15, 0.2) is 17.3 Å². The lowest BCUT2D eigenvalue weighted by molar-refractivity contribution is 0.685. The van der Waals surface area contributed by atoms with Crippen molar-refractivity contribution in [1.82, 2.24) is 14.4 Å². The summed E-state index contributed by atoms with van der Waals surface area (Å²) < 4.78 is 1.90. The van der Waals surface area contributed by atoms with Gasteiger partial charge in [0.2, 0.25) is 0 Å². The van der Waals surface area contributed by atoms with Gasteiger partial charge in [-0.05, 0) is 17.9 Å². The van der Waals surface area contributed by atoms with Gasteiger partial charge in [-0.15, -0.1) is 11.3 Å². The molecule has 0 fully saturated rings. The van der Waals surface area contributed by atoms with Gasteiger partial charge >= 0.3 is 0 Å². The zero-order valence-corrected chi connectivity index (χ0v) is 12.6. The van der Waals surface area contributed by atoms with E-state index in [0.29, 0.717) is 5.82 Å². The maximum Gasteiger partial charge on any atom is 0.180 e. The lowest BCUT2D eigenvalue weighted by atomic mass is 10.1. The van der Waals surface area contributed by atoms with Crippen molar-refractivity contribution in [3.05, 3.63) is 41.0 Å². The SMILES string of the molecule is CCCC(Nc1nc(NN)cn2ccnc12)c1cccs1. The molecule has 21 heavy (non-hydrogen) atoms. The Bertz CT molecular complexity index is 705. The van der Waals surface area contributed by atoms with Crippen LogP contribution in [0, 0.1) is 0 Å². The van der Waals surface area contributed by atoms with E-state index in [9.17, 15) is 0 Å². The standard InChI is InChI=1S/C14H18N6S/c1-2-4-10(11-5-3-8-21-11)17-13-14-16-6-7-20(14)9-12(18-13)19-15/h3,5-10,19H,2,4,15H2,1H3,(H,17,18). The summed E-state index contributed by atoms with van der Waals surface area (Å²) in [4.78, 5) is 10.2. The lowest BCUT2D eigenvalue weighted by Crippen LogP contribution is -2.15. The molecular formula is C14H18N6S. The van der Waals surface area contributed by atoms with Gasteiger partial charge in [-0.25, -0.2) is 15.8 Å². The summed E-state index contributed by atoms with van der Waals surface area (Å²) in [6.07, 6.45) is 7.57. The van der Waals surface area contributed by atoms with Crippen LogP contribution < -0.4 is 16.6 Å². The topological polar surface area (TPSA) is 80.3 Å². The fourth-order valence-corrected chi connectivity index (χ4v) is 3.14. The third-order valence-electron chi connectivity index (χ3n) is 3.30. The van der Waals surface area contributed by atoms with Gasteiger partial charge in [-0.1, -0.05) is 19.4 Å². The van der Waals surface area contributed by atoms with Crippen LogP contribution in [0.2, 0.25) is 0 Å². The fraction of sp³-hybridized carbons (Fsp3) is 0.286. The molecule has 110 valence electrons. The maximum atomic E-state index is 5.49. The molecule has 0 radical (unpaired) electrons. The number of anilines is 2. The van der Waals surface area contributed by atoms with Crippen LogP contribution in [0.15, 0.2) is 36.1 Å². The van der Waals surface area contributed by atoms with E-state index in [1.807, 2.05) is 16.8 Å². The van der Waals surface area contributed by atoms with Gasteiger partial charge in [0.25, 0.3) is 0 Å². The van der Waals surface area contributed by atoms with E-state index in [4.69, 9.17) is 5.84 Å². The summed E-state index contributed by atoms with van der Waals surface area (Å²) >= 11 is 1.75. The second kappa shape index (κ2) is 6.11. The predicted molar refractivity (Wildman–Crippen MR) is 86.4 cm³/mol. The molecule has 3 rings (SSSR count). The zero-order chi connectivity index (χ0) is 14.7. The number of aromatic nitrogens is 3. The molecule has 3 heterocycles. The van der Waals surface area contributed by atoms with E-state index < -0.39 is 0 Å². The monoisotopic (exact) mass is 302 g/mol. The molecule has 7 heteroatoms. The highest BCUT2D eigenvalue weighted by molar-refractivity contribution is 7.10. The van der Waals surface area contributed by atoms with Gasteiger partial charge in [0.05, 0.1) is 12.2 Å². The molecule has 0 aliphatic carbocycles. The largest absolute Gasteiger partial charge is 0.359 e. The van der Waals surface area contributed by atoms with Crippen molar-refractivity contribution in [3.8, 4) is 0 Å². The minimum atomic E-state index is 0.232. The molecule has 0 aliphatic heterocycles. The summed E-state index contributed by atoms with van der Waals surface area (Å²) in [6, 6.07) is 4.45. The number of nitrogen functional groups attached to an aromatic ring is 1.